The summed E-state index contributed by atoms with van der Waals surface area (Å²) in [6.07, 6.45) is 1.78. The van der Waals surface area contributed by atoms with Gasteiger partial charge in [-0.1, -0.05) is 29.8 Å². The SMILES string of the molecule is Cc1cc(C)cc(Nc2ccnc3c(Cl)cccc23)c1. The smallest absolute Gasteiger partial charge is 0.0908 e. The van der Waals surface area contributed by atoms with E-state index in [1.54, 1.807) is 6.20 Å². The second-order valence-electron chi connectivity index (χ2n) is 5.00. The number of para-hydroxylation sites is 1. The Kier molecular flexibility index (Phi) is 3.33. The molecule has 0 aliphatic rings. The summed E-state index contributed by atoms with van der Waals surface area (Å²) in [5, 5.41) is 5.16. The maximum atomic E-state index is 6.19. The first kappa shape index (κ1) is 12.9. The lowest BCUT2D eigenvalue weighted by atomic mass is 10.1. The highest BCUT2D eigenvalue weighted by Gasteiger charge is 2.05. The number of pyridine rings is 1. The summed E-state index contributed by atoms with van der Waals surface area (Å²) in [6.45, 7) is 4.19. The van der Waals surface area contributed by atoms with Gasteiger partial charge in [0.1, 0.15) is 0 Å². The summed E-state index contributed by atoms with van der Waals surface area (Å²) >= 11 is 6.19. The molecule has 0 atom stereocenters. The third-order valence-corrected chi connectivity index (χ3v) is 3.53. The third-order valence-electron chi connectivity index (χ3n) is 3.22. The van der Waals surface area contributed by atoms with Gasteiger partial charge in [-0.3, -0.25) is 4.98 Å². The number of benzene rings is 2. The maximum Gasteiger partial charge on any atom is 0.0908 e. The molecule has 0 amide bonds. The zero-order valence-electron chi connectivity index (χ0n) is 11.4. The minimum atomic E-state index is 0.673. The van der Waals surface area contributed by atoms with E-state index in [9.17, 15) is 0 Å². The van der Waals surface area contributed by atoms with Gasteiger partial charge >= 0.3 is 0 Å². The van der Waals surface area contributed by atoms with Gasteiger partial charge in [-0.25, -0.2) is 0 Å². The minimum Gasteiger partial charge on any atom is -0.355 e. The highest BCUT2D eigenvalue weighted by molar-refractivity contribution is 6.35. The molecule has 3 rings (SSSR count). The number of halogens is 1. The molecule has 0 saturated heterocycles. The Balaban J connectivity index is 2.09. The lowest BCUT2D eigenvalue weighted by molar-refractivity contribution is 1.37. The Morgan fingerprint density at radius 1 is 1.00 bits per heavy atom. The summed E-state index contributed by atoms with van der Waals surface area (Å²) in [7, 11) is 0. The maximum absolute atomic E-state index is 6.19. The summed E-state index contributed by atoms with van der Waals surface area (Å²) in [5.41, 5.74) is 5.40. The van der Waals surface area contributed by atoms with Crippen molar-refractivity contribution in [2.75, 3.05) is 5.32 Å². The van der Waals surface area contributed by atoms with Crippen molar-refractivity contribution >= 4 is 33.9 Å². The second kappa shape index (κ2) is 5.14. The van der Waals surface area contributed by atoms with E-state index in [4.69, 9.17) is 11.6 Å². The predicted octanol–water partition coefficient (Wildman–Crippen LogP) is 5.25. The highest BCUT2D eigenvalue weighted by Crippen LogP contribution is 2.29. The van der Waals surface area contributed by atoms with E-state index in [0.29, 0.717) is 5.02 Å². The van der Waals surface area contributed by atoms with Crippen molar-refractivity contribution in [1.82, 2.24) is 4.98 Å². The van der Waals surface area contributed by atoms with Crippen molar-refractivity contribution in [3.63, 3.8) is 0 Å². The number of hydrogen-bond donors (Lipinski definition) is 1. The van der Waals surface area contributed by atoms with E-state index < -0.39 is 0 Å². The molecule has 20 heavy (non-hydrogen) atoms. The van der Waals surface area contributed by atoms with Crippen LogP contribution < -0.4 is 5.32 Å². The molecule has 1 heterocycles. The van der Waals surface area contributed by atoms with Crippen LogP contribution >= 0.6 is 11.6 Å². The molecule has 2 nitrogen and oxygen atoms in total. The van der Waals surface area contributed by atoms with Crippen LogP contribution in [-0.2, 0) is 0 Å². The normalized spacial score (nSPS) is 10.8. The Bertz CT molecular complexity index is 761. The molecule has 2 aromatic carbocycles. The van der Waals surface area contributed by atoms with Gasteiger partial charge in [-0.15, -0.1) is 0 Å². The fraction of sp³-hybridized carbons (Fsp3) is 0.118. The van der Waals surface area contributed by atoms with E-state index >= 15 is 0 Å². The first-order chi connectivity index (χ1) is 9.63. The first-order valence-corrected chi connectivity index (χ1v) is 6.90. The molecule has 1 aromatic heterocycles. The average molecular weight is 283 g/mol. The molecule has 0 saturated carbocycles. The Labute approximate surface area is 123 Å². The van der Waals surface area contributed by atoms with Crippen LogP contribution in [0.4, 0.5) is 11.4 Å². The Morgan fingerprint density at radius 2 is 1.75 bits per heavy atom. The summed E-state index contributed by atoms with van der Waals surface area (Å²) in [4.78, 5) is 4.35. The van der Waals surface area contributed by atoms with Gasteiger partial charge in [0.2, 0.25) is 0 Å². The van der Waals surface area contributed by atoms with E-state index in [1.165, 1.54) is 11.1 Å². The summed E-state index contributed by atoms with van der Waals surface area (Å²) in [5.74, 6) is 0. The second-order valence-corrected chi connectivity index (χ2v) is 5.40. The average Bonchev–Trinajstić information content (AvgIpc) is 2.39. The molecule has 3 heteroatoms. The quantitative estimate of drug-likeness (QED) is 0.694. The minimum absolute atomic E-state index is 0.673. The molecule has 0 fully saturated rings. The lowest BCUT2D eigenvalue weighted by Crippen LogP contribution is -1.94. The van der Waals surface area contributed by atoms with Gasteiger partial charge in [-0.05, 0) is 49.2 Å². The van der Waals surface area contributed by atoms with E-state index in [-0.39, 0.29) is 0 Å². The van der Waals surface area contributed by atoms with Crippen molar-refractivity contribution in [2.24, 2.45) is 0 Å². The van der Waals surface area contributed by atoms with Gasteiger partial charge in [0.05, 0.1) is 10.5 Å². The van der Waals surface area contributed by atoms with Crippen molar-refractivity contribution in [1.29, 1.82) is 0 Å². The van der Waals surface area contributed by atoms with Gasteiger partial charge in [0.25, 0.3) is 0 Å². The van der Waals surface area contributed by atoms with E-state index in [1.807, 2.05) is 24.3 Å². The number of nitrogens with one attached hydrogen (secondary N) is 1. The van der Waals surface area contributed by atoms with Crippen molar-refractivity contribution < 1.29 is 0 Å². The van der Waals surface area contributed by atoms with Gasteiger partial charge < -0.3 is 5.32 Å². The number of anilines is 2. The van der Waals surface area contributed by atoms with Crippen molar-refractivity contribution in [2.45, 2.75) is 13.8 Å². The lowest BCUT2D eigenvalue weighted by Gasteiger charge is -2.11. The number of hydrogen-bond acceptors (Lipinski definition) is 2. The molecule has 1 N–H and O–H groups in total. The van der Waals surface area contributed by atoms with Crippen LogP contribution in [0, 0.1) is 13.8 Å². The van der Waals surface area contributed by atoms with Crippen LogP contribution in [-0.4, -0.2) is 4.98 Å². The van der Waals surface area contributed by atoms with E-state index in [2.05, 4.69) is 42.3 Å². The number of nitrogens with zero attached hydrogens (tertiary/aromatic N) is 1. The van der Waals surface area contributed by atoms with E-state index in [0.717, 1.165) is 22.3 Å². The standard InChI is InChI=1S/C17H15ClN2/c1-11-8-12(2)10-13(9-11)20-16-6-7-19-17-14(16)4-3-5-15(17)18/h3-10H,1-2H3,(H,19,20). The van der Waals surface area contributed by atoms with Gasteiger partial charge in [0, 0.05) is 23.0 Å². The fourth-order valence-electron chi connectivity index (χ4n) is 2.45. The molecule has 3 aromatic rings. The third kappa shape index (κ3) is 2.47. The molecular formula is C17H15ClN2. The topological polar surface area (TPSA) is 24.9 Å². The zero-order chi connectivity index (χ0) is 14.1. The first-order valence-electron chi connectivity index (χ1n) is 6.52. The molecule has 0 spiro atoms. The predicted molar refractivity (Wildman–Crippen MR) is 86.0 cm³/mol. The van der Waals surface area contributed by atoms with Crippen LogP contribution in [0.25, 0.3) is 10.9 Å². The van der Waals surface area contributed by atoms with Crippen molar-refractivity contribution in [3.8, 4) is 0 Å². The molecule has 0 aliphatic carbocycles. The van der Waals surface area contributed by atoms with Gasteiger partial charge in [-0.2, -0.15) is 0 Å². The van der Waals surface area contributed by atoms with Crippen LogP contribution in [0.5, 0.6) is 0 Å². The molecular weight excluding hydrogens is 268 g/mol. The fourth-order valence-corrected chi connectivity index (χ4v) is 2.67. The number of rotatable bonds is 2. The summed E-state index contributed by atoms with van der Waals surface area (Å²) in [6, 6.07) is 14.2. The number of fused-ring (bicyclic) bond motifs is 1. The largest absolute Gasteiger partial charge is 0.355 e. The Hall–Kier alpha value is -2.06. The van der Waals surface area contributed by atoms with Crippen LogP contribution in [0.1, 0.15) is 11.1 Å². The molecule has 0 unspecified atom stereocenters. The Morgan fingerprint density at radius 3 is 2.50 bits per heavy atom. The summed E-state index contributed by atoms with van der Waals surface area (Å²) < 4.78 is 0. The monoisotopic (exact) mass is 282 g/mol. The number of aryl methyl sites for hydroxylation is 2. The van der Waals surface area contributed by atoms with Crippen LogP contribution in [0.15, 0.2) is 48.7 Å². The van der Waals surface area contributed by atoms with Gasteiger partial charge in [0.15, 0.2) is 0 Å². The highest BCUT2D eigenvalue weighted by atomic mass is 35.5. The van der Waals surface area contributed by atoms with Crippen LogP contribution in [0.2, 0.25) is 5.02 Å². The molecule has 0 radical (unpaired) electrons. The molecule has 0 aliphatic heterocycles. The number of aromatic nitrogens is 1. The van der Waals surface area contributed by atoms with Crippen molar-refractivity contribution in [3.05, 3.63) is 64.8 Å². The van der Waals surface area contributed by atoms with Crippen LogP contribution in [0.3, 0.4) is 0 Å². The zero-order valence-corrected chi connectivity index (χ0v) is 12.2. The molecule has 100 valence electrons. The molecule has 0 bridgehead atoms.